The zero-order chi connectivity index (χ0) is 30.8. The number of hydrogen-bond acceptors (Lipinski definition) is 8. The van der Waals surface area contributed by atoms with E-state index in [1.807, 2.05) is 0 Å². The molecule has 0 unspecified atom stereocenters. The molecule has 1 aliphatic heterocycles. The molecule has 0 amide bonds. The van der Waals surface area contributed by atoms with Crippen molar-refractivity contribution >= 4 is 26.1 Å². The molecule has 0 N–H and O–H groups in total. The molecule has 0 bridgehead atoms. The van der Waals surface area contributed by atoms with E-state index < -0.39 is 19.4 Å². The van der Waals surface area contributed by atoms with Crippen molar-refractivity contribution in [1.82, 2.24) is 0 Å². The molecule has 230 valence electrons. The summed E-state index contributed by atoms with van der Waals surface area (Å²) in [7, 11) is -2.02. The van der Waals surface area contributed by atoms with Crippen molar-refractivity contribution in [2.75, 3.05) is 0 Å². The van der Waals surface area contributed by atoms with E-state index in [1.54, 1.807) is 0 Å². The minimum absolute atomic E-state index is 0.0100. The van der Waals surface area contributed by atoms with Crippen molar-refractivity contribution in [1.29, 1.82) is 0 Å². The average Bonchev–Trinajstić information content (AvgIpc) is 2.87. The Labute approximate surface area is 249 Å². The zero-order valence-corrected chi connectivity index (χ0v) is 26.8. The third kappa shape index (κ3) is 7.69. The van der Waals surface area contributed by atoms with Crippen LogP contribution in [0.3, 0.4) is 0 Å². The minimum Gasteiger partial charge on any atom is -0.462 e. The highest BCUT2D eigenvalue weighted by Gasteiger charge is 2.44. The molecule has 1 aromatic rings. The van der Waals surface area contributed by atoms with Crippen LogP contribution in [-0.2, 0) is 18.7 Å². The molecular formula is C32H45NO8Si. The van der Waals surface area contributed by atoms with Gasteiger partial charge in [-0.2, -0.15) is 0 Å². The van der Waals surface area contributed by atoms with Gasteiger partial charge < -0.3 is 18.6 Å². The Morgan fingerprint density at radius 2 is 1.81 bits per heavy atom. The lowest BCUT2D eigenvalue weighted by Gasteiger charge is -2.43. The van der Waals surface area contributed by atoms with Crippen LogP contribution in [0.15, 0.2) is 48.1 Å². The lowest BCUT2D eigenvalue weighted by molar-refractivity contribution is -0.384. The van der Waals surface area contributed by atoms with Gasteiger partial charge in [-0.1, -0.05) is 52.8 Å². The van der Waals surface area contributed by atoms with Gasteiger partial charge in [-0.15, -0.1) is 0 Å². The number of benzene rings is 1. The first-order chi connectivity index (χ1) is 19.6. The summed E-state index contributed by atoms with van der Waals surface area (Å²) in [6, 6.07) is 5.34. The second-order valence-corrected chi connectivity index (χ2v) is 18.4. The monoisotopic (exact) mass is 599 g/mol. The van der Waals surface area contributed by atoms with E-state index in [4.69, 9.17) is 18.6 Å². The first-order valence-electron chi connectivity index (χ1n) is 15.0. The lowest BCUT2D eigenvalue weighted by atomic mass is 9.65. The highest BCUT2D eigenvalue weighted by atomic mass is 28.4. The summed E-state index contributed by atoms with van der Waals surface area (Å²) < 4.78 is 23.7. The molecule has 0 saturated carbocycles. The SMILES string of the molecule is C[C@H]1C=C2C=C[C@H](C)[C@H](CC[C@H]3C[C@H](O[Si](C)(C)C(C)(C)C)CC(=O)O3)[C@H]2[C@@H](OC(=O)Oc2ccc([N+](=O)[O-])cc2)C1. The molecule has 0 radical (unpaired) electrons. The molecule has 10 heteroatoms. The number of carbonyl (C=O) groups is 2. The molecule has 0 aromatic heterocycles. The van der Waals surface area contributed by atoms with E-state index in [0.29, 0.717) is 25.7 Å². The van der Waals surface area contributed by atoms with Gasteiger partial charge in [-0.05, 0) is 72.9 Å². The third-order valence-corrected chi connectivity index (χ3v) is 13.9. The number of nitrogens with zero attached hydrogens (tertiary/aromatic N) is 1. The van der Waals surface area contributed by atoms with E-state index >= 15 is 0 Å². The highest BCUT2D eigenvalue weighted by Crippen LogP contribution is 2.45. The van der Waals surface area contributed by atoms with Crippen LogP contribution in [0.4, 0.5) is 10.5 Å². The van der Waals surface area contributed by atoms with Crippen molar-refractivity contribution in [3.8, 4) is 5.75 Å². The summed E-state index contributed by atoms with van der Waals surface area (Å²) in [5.74, 6) is 0.632. The van der Waals surface area contributed by atoms with Crippen molar-refractivity contribution in [3.05, 3.63) is 58.2 Å². The smallest absolute Gasteiger partial charge is 0.462 e. The number of cyclic esters (lactones) is 1. The molecule has 9 nitrogen and oxygen atoms in total. The van der Waals surface area contributed by atoms with Crippen LogP contribution >= 0.6 is 0 Å². The Morgan fingerprint density at radius 1 is 1.12 bits per heavy atom. The predicted octanol–water partition coefficient (Wildman–Crippen LogP) is 7.76. The van der Waals surface area contributed by atoms with Gasteiger partial charge in [-0.25, -0.2) is 4.79 Å². The number of esters is 1. The number of rotatable bonds is 8. The molecule has 0 spiro atoms. The number of fused-ring (bicyclic) bond motifs is 1. The number of nitro benzene ring substituents is 1. The molecule has 1 heterocycles. The zero-order valence-electron chi connectivity index (χ0n) is 25.8. The fourth-order valence-electron chi connectivity index (χ4n) is 6.18. The standard InChI is InChI=1S/C32H45NO8Si/c1-20-16-22-9-8-21(2)27(15-14-25-18-26(19-29(34)38-25)41-42(6,7)32(3,4)5)30(22)28(17-20)40-31(35)39-24-12-10-23(11-13-24)33(36)37/h8-13,16,20-21,25-28,30H,14-15,17-19H2,1-7H3/t20-,21-,25-,26-,27-,28-,30-/m0/s1. The van der Waals surface area contributed by atoms with E-state index in [9.17, 15) is 19.7 Å². The Kier molecular flexibility index (Phi) is 9.67. The van der Waals surface area contributed by atoms with Gasteiger partial charge in [0, 0.05) is 24.5 Å². The fraction of sp³-hybridized carbons (Fsp3) is 0.625. The van der Waals surface area contributed by atoms with Gasteiger partial charge in [-0.3, -0.25) is 14.9 Å². The van der Waals surface area contributed by atoms with Crippen molar-refractivity contribution in [3.63, 3.8) is 0 Å². The largest absolute Gasteiger partial charge is 0.514 e. The van der Waals surface area contributed by atoms with Gasteiger partial charge in [0.1, 0.15) is 18.0 Å². The third-order valence-electron chi connectivity index (χ3n) is 9.40. The maximum atomic E-state index is 12.8. The van der Waals surface area contributed by atoms with Gasteiger partial charge in [0.2, 0.25) is 0 Å². The summed E-state index contributed by atoms with van der Waals surface area (Å²) in [4.78, 5) is 35.8. The lowest BCUT2D eigenvalue weighted by Crippen LogP contribution is -2.47. The van der Waals surface area contributed by atoms with E-state index in [0.717, 1.165) is 12.0 Å². The number of allylic oxidation sites excluding steroid dienone is 3. The van der Waals surface area contributed by atoms with Crippen LogP contribution in [0.5, 0.6) is 5.75 Å². The van der Waals surface area contributed by atoms with E-state index in [1.165, 1.54) is 24.3 Å². The van der Waals surface area contributed by atoms with Gasteiger partial charge in [0.05, 0.1) is 17.4 Å². The van der Waals surface area contributed by atoms with E-state index in [2.05, 4.69) is 65.9 Å². The highest BCUT2D eigenvalue weighted by molar-refractivity contribution is 6.74. The minimum atomic E-state index is -2.02. The van der Waals surface area contributed by atoms with Gasteiger partial charge >= 0.3 is 12.1 Å². The summed E-state index contributed by atoms with van der Waals surface area (Å²) in [5, 5.41) is 11.0. The number of non-ortho nitro benzene ring substituents is 1. The number of nitro groups is 1. The maximum Gasteiger partial charge on any atom is 0.514 e. The Balaban J connectivity index is 1.43. The Morgan fingerprint density at radius 3 is 2.45 bits per heavy atom. The quantitative estimate of drug-likeness (QED) is 0.0979. The van der Waals surface area contributed by atoms with Crippen LogP contribution < -0.4 is 4.74 Å². The van der Waals surface area contributed by atoms with Crippen LogP contribution in [0, 0.1) is 33.8 Å². The summed E-state index contributed by atoms with van der Waals surface area (Å²) in [5.41, 5.74) is 1.07. The van der Waals surface area contributed by atoms with Crippen molar-refractivity contribution in [2.45, 2.75) is 103 Å². The molecule has 1 fully saturated rings. The fourth-order valence-corrected chi connectivity index (χ4v) is 7.55. The predicted molar refractivity (Wildman–Crippen MR) is 162 cm³/mol. The van der Waals surface area contributed by atoms with Crippen LogP contribution in [0.25, 0.3) is 0 Å². The van der Waals surface area contributed by atoms with Crippen molar-refractivity contribution in [2.24, 2.45) is 23.7 Å². The van der Waals surface area contributed by atoms with Gasteiger partial charge in [0.25, 0.3) is 5.69 Å². The average molecular weight is 600 g/mol. The molecule has 1 aromatic carbocycles. The normalized spacial score (nSPS) is 29.6. The Bertz CT molecular complexity index is 1220. The molecule has 4 rings (SSSR count). The number of hydrogen-bond donors (Lipinski definition) is 0. The maximum absolute atomic E-state index is 12.8. The molecule has 2 aliphatic carbocycles. The molecule has 7 atom stereocenters. The van der Waals surface area contributed by atoms with Crippen molar-refractivity contribution < 1.29 is 33.1 Å². The molecule has 1 saturated heterocycles. The topological polar surface area (TPSA) is 114 Å². The van der Waals surface area contributed by atoms with Crippen LogP contribution in [0.1, 0.15) is 66.7 Å². The first-order valence-corrected chi connectivity index (χ1v) is 17.9. The summed E-state index contributed by atoms with van der Waals surface area (Å²) >= 11 is 0. The molecule has 3 aliphatic rings. The van der Waals surface area contributed by atoms with Crippen LogP contribution in [-0.4, -0.2) is 43.7 Å². The molecule has 42 heavy (non-hydrogen) atoms. The van der Waals surface area contributed by atoms with E-state index in [-0.39, 0.29) is 64.4 Å². The second-order valence-electron chi connectivity index (χ2n) is 13.7. The van der Waals surface area contributed by atoms with Gasteiger partial charge in [0.15, 0.2) is 8.32 Å². The van der Waals surface area contributed by atoms with Crippen LogP contribution in [0.2, 0.25) is 18.1 Å². The Hall–Kier alpha value is -2.98. The first kappa shape index (κ1) is 31.9. The summed E-state index contributed by atoms with van der Waals surface area (Å²) in [6.45, 7) is 15.3. The molecular weight excluding hydrogens is 554 g/mol. The number of carbonyl (C=O) groups excluding carboxylic acids is 2. The second kappa shape index (κ2) is 12.7. The number of ether oxygens (including phenoxy) is 3. The summed E-state index contributed by atoms with van der Waals surface area (Å²) in [6.07, 6.45) is 8.25.